The van der Waals surface area contributed by atoms with E-state index in [-0.39, 0.29) is 5.97 Å². The number of ether oxygens (including phenoxy) is 1. The van der Waals surface area contributed by atoms with E-state index < -0.39 is 11.5 Å². The summed E-state index contributed by atoms with van der Waals surface area (Å²) in [5.74, 6) is -0.952. The van der Waals surface area contributed by atoms with E-state index in [1.165, 1.54) is 7.11 Å². The number of aliphatic hydroxyl groups is 1. The molecular weight excluding hydrogens is 264 g/mol. The Kier molecular flexibility index (Phi) is 5.83. The molecule has 0 aliphatic heterocycles. The standard InChI is InChI=1S/C15H21ClO3/c1-4-5-6-13(14(17)19-3)15(2,18)11-7-9-12(16)10-8-11/h7-10,13,18H,4-6H2,1-3H3. The molecule has 0 bridgehead atoms. The SMILES string of the molecule is CCCCC(C(=O)OC)C(C)(O)c1ccc(Cl)cc1. The Morgan fingerprint density at radius 3 is 2.47 bits per heavy atom. The lowest BCUT2D eigenvalue weighted by molar-refractivity contribution is -0.156. The van der Waals surface area contributed by atoms with Crippen molar-refractivity contribution in [2.24, 2.45) is 5.92 Å². The normalized spacial score (nSPS) is 15.6. The minimum Gasteiger partial charge on any atom is -0.469 e. The molecule has 0 spiro atoms. The van der Waals surface area contributed by atoms with Crippen LogP contribution in [0.25, 0.3) is 0 Å². The summed E-state index contributed by atoms with van der Waals surface area (Å²) in [5.41, 5.74) is -0.587. The van der Waals surface area contributed by atoms with Crippen molar-refractivity contribution >= 4 is 17.6 Å². The third-order valence-corrected chi connectivity index (χ3v) is 3.69. The Bertz CT molecular complexity index is 412. The summed E-state index contributed by atoms with van der Waals surface area (Å²) in [6, 6.07) is 6.90. The molecule has 1 aromatic rings. The van der Waals surface area contributed by atoms with Crippen LogP contribution in [0.3, 0.4) is 0 Å². The Balaban J connectivity index is 3.03. The lowest BCUT2D eigenvalue weighted by Gasteiger charge is -2.31. The third kappa shape index (κ3) is 3.95. The molecule has 4 heteroatoms. The Hall–Kier alpha value is -1.06. The van der Waals surface area contributed by atoms with Gasteiger partial charge in [0.1, 0.15) is 5.60 Å². The molecule has 1 aromatic carbocycles. The fraction of sp³-hybridized carbons (Fsp3) is 0.533. The summed E-state index contributed by atoms with van der Waals surface area (Å²) < 4.78 is 4.82. The Morgan fingerprint density at radius 2 is 2.00 bits per heavy atom. The first-order valence-electron chi connectivity index (χ1n) is 6.49. The van der Waals surface area contributed by atoms with E-state index in [1.54, 1.807) is 31.2 Å². The first-order valence-corrected chi connectivity index (χ1v) is 6.87. The van der Waals surface area contributed by atoms with Crippen molar-refractivity contribution in [3.8, 4) is 0 Å². The molecule has 1 rings (SSSR count). The van der Waals surface area contributed by atoms with Gasteiger partial charge in [-0.3, -0.25) is 4.79 Å². The molecular formula is C15H21ClO3. The monoisotopic (exact) mass is 284 g/mol. The van der Waals surface area contributed by atoms with Crippen molar-refractivity contribution in [2.45, 2.75) is 38.7 Å². The molecule has 106 valence electrons. The Morgan fingerprint density at radius 1 is 1.42 bits per heavy atom. The average molecular weight is 285 g/mol. The van der Waals surface area contributed by atoms with E-state index in [4.69, 9.17) is 16.3 Å². The van der Waals surface area contributed by atoms with Gasteiger partial charge in [-0.1, -0.05) is 43.5 Å². The zero-order valence-electron chi connectivity index (χ0n) is 11.6. The van der Waals surface area contributed by atoms with Gasteiger partial charge in [0.25, 0.3) is 0 Å². The minimum atomic E-state index is -1.26. The van der Waals surface area contributed by atoms with Crippen LogP contribution in [0.1, 0.15) is 38.7 Å². The second kappa shape index (κ2) is 6.92. The lowest BCUT2D eigenvalue weighted by atomic mass is 9.80. The van der Waals surface area contributed by atoms with Crippen LogP contribution in [0.5, 0.6) is 0 Å². The minimum absolute atomic E-state index is 0.381. The summed E-state index contributed by atoms with van der Waals surface area (Å²) in [4.78, 5) is 11.9. The third-order valence-electron chi connectivity index (χ3n) is 3.44. The predicted molar refractivity (Wildman–Crippen MR) is 76.1 cm³/mol. The van der Waals surface area contributed by atoms with Crippen molar-refractivity contribution < 1.29 is 14.6 Å². The molecule has 0 aliphatic rings. The number of carbonyl (C=O) groups is 1. The molecule has 2 unspecified atom stereocenters. The summed E-state index contributed by atoms with van der Waals surface area (Å²) >= 11 is 5.84. The van der Waals surface area contributed by atoms with Crippen molar-refractivity contribution in [2.75, 3.05) is 7.11 Å². The van der Waals surface area contributed by atoms with Gasteiger partial charge in [0.15, 0.2) is 0 Å². The van der Waals surface area contributed by atoms with Gasteiger partial charge in [0, 0.05) is 5.02 Å². The van der Waals surface area contributed by atoms with E-state index in [2.05, 4.69) is 0 Å². The summed E-state index contributed by atoms with van der Waals surface area (Å²) in [6.45, 7) is 3.69. The van der Waals surface area contributed by atoms with Gasteiger partial charge in [0.2, 0.25) is 0 Å². The summed E-state index contributed by atoms with van der Waals surface area (Å²) in [6.07, 6.45) is 2.42. The van der Waals surface area contributed by atoms with E-state index in [0.717, 1.165) is 12.8 Å². The zero-order valence-corrected chi connectivity index (χ0v) is 12.4. The van der Waals surface area contributed by atoms with Crippen LogP contribution in [-0.4, -0.2) is 18.2 Å². The van der Waals surface area contributed by atoms with Gasteiger partial charge in [0.05, 0.1) is 13.0 Å². The van der Waals surface area contributed by atoms with E-state index in [1.807, 2.05) is 6.92 Å². The molecule has 0 amide bonds. The van der Waals surface area contributed by atoms with Gasteiger partial charge in [-0.25, -0.2) is 0 Å². The molecule has 2 atom stereocenters. The highest BCUT2D eigenvalue weighted by atomic mass is 35.5. The number of unbranched alkanes of at least 4 members (excludes halogenated alkanes) is 1. The van der Waals surface area contributed by atoms with Crippen molar-refractivity contribution in [3.05, 3.63) is 34.9 Å². The number of hydrogen-bond acceptors (Lipinski definition) is 3. The first-order chi connectivity index (χ1) is 8.93. The molecule has 0 saturated heterocycles. The number of carbonyl (C=O) groups excluding carboxylic acids is 1. The van der Waals surface area contributed by atoms with E-state index >= 15 is 0 Å². The van der Waals surface area contributed by atoms with Crippen LogP contribution in [0.4, 0.5) is 0 Å². The number of methoxy groups -OCH3 is 1. The Labute approximate surface area is 119 Å². The molecule has 3 nitrogen and oxygen atoms in total. The fourth-order valence-electron chi connectivity index (χ4n) is 2.17. The van der Waals surface area contributed by atoms with Crippen molar-refractivity contribution in [1.29, 1.82) is 0 Å². The fourth-order valence-corrected chi connectivity index (χ4v) is 2.29. The second-order valence-corrected chi connectivity index (χ2v) is 5.31. The van der Waals surface area contributed by atoms with Crippen LogP contribution >= 0.6 is 11.6 Å². The molecule has 0 aromatic heterocycles. The van der Waals surface area contributed by atoms with E-state index in [9.17, 15) is 9.90 Å². The number of esters is 1. The highest BCUT2D eigenvalue weighted by molar-refractivity contribution is 6.30. The van der Waals surface area contributed by atoms with Gasteiger partial charge in [-0.2, -0.15) is 0 Å². The topological polar surface area (TPSA) is 46.5 Å². The zero-order chi connectivity index (χ0) is 14.5. The van der Waals surface area contributed by atoms with Crippen LogP contribution in [0.15, 0.2) is 24.3 Å². The molecule has 1 N–H and O–H groups in total. The maximum Gasteiger partial charge on any atom is 0.311 e. The van der Waals surface area contributed by atoms with Crippen molar-refractivity contribution in [1.82, 2.24) is 0 Å². The van der Waals surface area contributed by atoms with Crippen LogP contribution in [-0.2, 0) is 15.1 Å². The van der Waals surface area contributed by atoms with Crippen LogP contribution < -0.4 is 0 Å². The second-order valence-electron chi connectivity index (χ2n) is 4.87. The summed E-state index contributed by atoms with van der Waals surface area (Å²) in [7, 11) is 1.35. The average Bonchev–Trinajstić information content (AvgIpc) is 2.39. The van der Waals surface area contributed by atoms with Gasteiger partial charge >= 0.3 is 5.97 Å². The number of rotatable bonds is 6. The smallest absolute Gasteiger partial charge is 0.311 e. The predicted octanol–water partition coefficient (Wildman–Crippen LogP) is 3.53. The molecule has 0 aliphatic carbocycles. The molecule has 19 heavy (non-hydrogen) atoms. The molecule has 0 heterocycles. The highest BCUT2D eigenvalue weighted by Gasteiger charge is 2.39. The van der Waals surface area contributed by atoms with Crippen LogP contribution in [0.2, 0.25) is 5.02 Å². The van der Waals surface area contributed by atoms with Gasteiger partial charge in [-0.15, -0.1) is 0 Å². The largest absolute Gasteiger partial charge is 0.469 e. The van der Waals surface area contributed by atoms with Crippen LogP contribution in [0, 0.1) is 5.92 Å². The quantitative estimate of drug-likeness (QED) is 0.813. The number of halogens is 1. The molecule has 0 radical (unpaired) electrons. The number of benzene rings is 1. The van der Waals surface area contributed by atoms with Gasteiger partial charge < -0.3 is 9.84 Å². The summed E-state index contributed by atoms with van der Waals surface area (Å²) in [5, 5.41) is 11.3. The number of hydrogen-bond donors (Lipinski definition) is 1. The van der Waals surface area contributed by atoms with Gasteiger partial charge in [-0.05, 0) is 31.0 Å². The van der Waals surface area contributed by atoms with E-state index in [0.29, 0.717) is 17.0 Å². The maximum atomic E-state index is 11.9. The first kappa shape index (κ1) is 16.0. The highest BCUT2D eigenvalue weighted by Crippen LogP contribution is 2.34. The lowest BCUT2D eigenvalue weighted by Crippen LogP contribution is -2.38. The maximum absolute atomic E-state index is 11.9. The molecule has 0 fully saturated rings. The molecule has 0 saturated carbocycles. The van der Waals surface area contributed by atoms with Crippen molar-refractivity contribution in [3.63, 3.8) is 0 Å².